The van der Waals surface area contributed by atoms with E-state index in [-0.39, 0.29) is 5.95 Å². The predicted octanol–water partition coefficient (Wildman–Crippen LogP) is 2.53. The van der Waals surface area contributed by atoms with Gasteiger partial charge in [-0.3, -0.25) is 4.40 Å². The lowest BCUT2D eigenvalue weighted by molar-refractivity contribution is 0.259. The van der Waals surface area contributed by atoms with Crippen LogP contribution in [0.5, 0.6) is 0 Å². The van der Waals surface area contributed by atoms with Gasteiger partial charge in [-0.1, -0.05) is 18.2 Å². The smallest absolute Gasteiger partial charge is 0.316 e. The molecule has 5 N–H and O–H groups in total. The van der Waals surface area contributed by atoms with Gasteiger partial charge in [0, 0.05) is 23.6 Å². The first-order valence-corrected chi connectivity index (χ1v) is 7.85. The molecule has 0 bridgehead atoms. The summed E-state index contributed by atoms with van der Waals surface area (Å²) in [6, 6.07) is 14.2. The molecule has 0 saturated carbocycles. The molecule has 26 heavy (non-hydrogen) atoms. The van der Waals surface area contributed by atoms with Gasteiger partial charge in [-0.25, -0.2) is 19.7 Å². The number of hydrogen-bond acceptors (Lipinski definition) is 5. The van der Waals surface area contributed by atoms with Crippen LogP contribution < -0.4 is 16.8 Å². The van der Waals surface area contributed by atoms with E-state index in [4.69, 9.17) is 16.5 Å². The van der Waals surface area contributed by atoms with E-state index in [0.717, 1.165) is 16.9 Å². The number of primary amides is 1. The average Bonchev–Trinajstić information content (AvgIpc) is 3.01. The third-order valence-electron chi connectivity index (χ3n) is 3.85. The van der Waals surface area contributed by atoms with E-state index in [1.54, 1.807) is 24.4 Å². The van der Waals surface area contributed by atoms with Gasteiger partial charge in [0.15, 0.2) is 0 Å². The number of fused-ring (bicyclic) bond motifs is 1. The largest absolute Gasteiger partial charge is 0.368 e. The molecule has 8 nitrogen and oxygen atoms in total. The molecule has 2 amide bonds. The summed E-state index contributed by atoms with van der Waals surface area (Å²) in [5, 5.41) is 2.58. The van der Waals surface area contributed by atoms with Crippen molar-refractivity contribution < 1.29 is 4.79 Å². The van der Waals surface area contributed by atoms with Crippen molar-refractivity contribution in [3.8, 4) is 22.6 Å². The van der Waals surface area contributed by atoms with Gasteiger partial charge in [-0.05, 0) is 30.3 Å². The fourth-order valence-electron chi connectivity index (χ4n) is 2.83. The minimum Gasteiger partial charge on any atom is -0.368 e. The Morgan fingerprint density at radius 3 is 2.77 bits per heavy atom. The van der Waals surface area contributed by atoms with Crippen LogP contribution in [0.1, 0.15) is 0 Å². The van der Waals surface area contributed by atoms with E-state index in [1.165, 1.54) is 0 Å². The normalized spacial score (nSPS) is 10.8. The van der Waals surface area contributed by atoms with Gasteiger partial charge in [-0.15, -0.1) is 0 Å². The van der Waals surface area contributed by atoms with E-state index >= 15 is 0 Å². The van der Waals surface area contributed by atoms with Gasteiger partial charge >= 0.3 is 6.03 Å². The zero-order chi connectivity index (χ0) is 18.1. The molecular formula is C18H15N7O. The number of carbonyl (C=O) groups excluding carboxylic acids is 1. The van der Waals surface area contributed by atoms with Crippen LogP contribution in [0.2, 0.25) is 0 Å². The first-order valence-electron chi connectivity index (χ1n) is 7.85. The molecule has 0 radical (unpaired) electrons. The summed E-state index contributed by atoms with van der Waals surface area (Å²) < 4.78 is 1.94. The number of nitrogens with zero attached hydrogens (tertiary/aromatic N) is 4. The first kappa shape index (κ1) is 15.6. The average molecular weight is 345 g/mol. The number of imidazole rings is 1. The number of rotatable bonds is 3. The Kier molecular flexibility index (Phi) is 3.70. The quantitative estimate of drug-likeness (QED) is 0.526. The summed E-state index contributed by atoms with van der Waals surface area (Å²) in [4.78, 5) is 24.2. The molecule has 128 valence electrons. The van der Waals surface area contributed by atoms with Gasteiger partial charge in [0.2, 0.25) is 5.95 Å². The molecule has 3 aromatic heterocycles. The van der Waals surface area contributed by atoms with Crippen LogP contribution in [-0.2, 0) is 0 Å². The van der Waals surface area contributed by atoms with Crippen molar-refractivity contribution in [3.63, 3.8) is 0 Å². The van der Waals surface area contributed by atoms with Crippen LogP contribution in [-0.4, -0.2) is 25.4 Å². The zero-order valence-electron chi connectivity index (χ0n) is 13.6. The van der Waals surface area contributed by atoms with E-state index in [9.17, 15) is 4.79 Å². The van der Waals surface area contributed by atoms with E-state index in [0.29, 0.717) is 17.1 Å². The molecule has 3 heterocycles. The number of carbonyl (C=O) groups is 1. The lowest BCUT2D eigenvalue weighted by Crippen LogP contribution is -2.19. The van der Waals surface area contributed by atoms with Crippen molar-refractivity contribution in [2.24, 2.45) is 5.73 Å². The van der Waals surface area contributed by atoms with E-state index in [1.807, 2.05) is 40.9 Å². The number of anilines is 2. The van der Waals surface area contributed by atoms with Crippen molar-refractivity contribution >= 4 is 23.3 Å². The minimum absolute atomic E-state index is 0.184. The fraction of sp³-hybridized carbons (Fsp3) is 0. The number of benzene rings is 1. The number of urea groups is 1. The molecule has 0 aliphatic heterocycles. The van der Waals surface area contributed by atoms with Crippen molar-refractivity contribution in [2.75, 3.05) is 11.1 Å². The molecule has 0 atom stereocenters. The topological polar surface area (TPSA) is 124 Å². The van der Waals surface area contributed by atoms with E-state index < -0.39 is 6.03 Å². The maximum Gasteiger partial charge on any atom is 0.316 e. The highest BCUT2D eigenvalue weighted by Gasteiger charge is 2.17. The molecule has 0 aliphatic carbocycles. The molecule has 4 aromatic rings. The monoisotopic (exact) mass is 345 g/mol. The SMILES string of the molecule is NC(=O)Nc1cccc(-c2nc3ccccn3c2-c2ccnc(N)n2)c1. The maximum absolute atomic E-state index is 11.1. The van der Waals surface area contributed by atoms with E-state index in [2.05, 4.69) is 15.3 Å². The lowest BCUT2D eigenvalue weighted by atomic mass is 10.1. The molecular weight excluding hydrogens is 330 g/mol. The number of aromatic nitrogens is 4. The summed E-state index contributed by atoms with van der Waals surface area (Å²) in [5.41, 5.74) is 15.3. The third kappa shape index (κ3) is 2.80. The number of nitrogens with one attached hydrogen (secondary N) is 1. The summed E-state index contributed by atoms with van der Waals surface area (Å²) >= 11 is 0. The highest BCUT2D eigenvalue weighted by molar-refractivity contribution is 5.89. The zero-order valence-corrected chi connectivity index (χ0v) is 13.6. The molecule has 0 unspecified atom stereocenters. The second kappa shape index (κ2) is 6.17. The molecule has 8 heteroatoms. The molecule has 0 spiro atoms. The van der Waals surface area contributed by atoms with Crippen molar-refractivity contribution in [2.45, 2.75) is 0 Å². The van der Waals surface area contributed by atoms with Crippen LogP contribution >= 0.6 is 0 Å². The van der Waals surface area contributed by atoms with Crippen LogP contribution in [0.4, 0.5) is 16.4 Å². The predicted molar refractivity (Wildman–Crippen MR) is 99.3 cm³/mol. The molecule has 4 rings (SSSR count). The van der Waals surface area contributed by atoms with Crippen LogP contribution in [0.25, 0.3) is 28.3 Å². The Morgan fingerprint density at radius 1 is 1.08 bits per heavy atom. The molecule has 1 aromatic carbocycles. The standard InChI is InChI=1S/C18H15N7O/c19-17-21-8-7-13(23-17)16-15(24-14-6-1-2-9-25(14)16)11-4-3-5-12(10-11)22-18(20)26/h1-10H,(H2,19,21,23)(H3,20,22,26). The summed E-state index contributed by atoms with van der Waals surface area (Å²) in [6.07, 6.45) is 3.51. The maximum atomic E-state index is 11.1. The molecule has 0 saturated heterocycles. The number of nitrogens with two attached hydrogens (primary N) is 2. The number of nitrogen functional groups attached to an aromatic ring is 1. The van der Waals surface area contributed by atoms with Gasteiger partial charge in [0.25, 0.3) is 0 Å². The van der Waals surface area contributed by atoms with Gasteiger partial charge in [0.05, 0.1) is 17.1 Å². The Bertz CT molecular complexity index is 1120. The number of pyridine rings is 1. The summed E-state index contributed by atoms with van der Waals surface area (Å²) in [5.74, 6) is 0.184. The highest BCUT2D eigenvalue weighted by Crippen LogP contribution is 2.32. The fourth-order valence-corrected chi connectivity index (χ4v) is 2.83. The lowest BCUT2D eigenvalue weighted by Gasteiger charge is -2.07. The van der Waals surface area contributed by atoms with Crippen molar-refractivity contribution in [3.05, 3.63) is 60.9 Å². The number of amides is 2. The molecule has 0 aliphatic rings. The Balaban J connectivity index is 1.96. The second-order valence-electron chi connectivity index (χ2n) is 5.61. The Labute approximate surface area is 148 Å². The Hall–Kier alpha value is -3.94. The van der Waals surface area contributed by atoms with Crippen LogP contribution in [0.15, 0.2) is 60.9 Å². The Morgan fingerprint density at radius 2 is 1.96 bits per heavy atom. The minimum atomic E-state index is -0.624. The van der Waals surface area contributed by atoms with Gasteiger partial charge in [-0.2, -0.15) is 0 Å². The van der Waals surface area contributed by atoms with Crippen LogP contribution in [0.3, 0.4) is 0 Å². The van der Waals surface area contributed by atoms with Gasteiger partial charge < -0.3 is 16.8 Å². The van der Waals surface area contributed by atoms with Gasteiger partial charge in [0.1, 0.15) is 5.65 Å². The van der Waals surface area contributed by atoms with Crippen LogP contribution in [0, 0.1) is 0 Å². The second-order valence-corrected chi connectivity index (χ2v) is 5.61. The van der Waals surface area contributed by atoms with Crippen molar-refractivity contribution in [1.82, 2.24) is 19.4 Å². The first-order chi connectivity index (χ1) is 12.6. The van der Waals surface area contributed by atoms with Crippen molar-refractivity contribution in [1.29, 1.82) is 0 Å². The molecule has 0 fully saturated rings. The highest BCUT2D eigenvalue weighted by atomic mass is 16.2. The summed E-state index contributed by atoms with van der Waals surface area (Å²) in [7, 11) is 0. The third-order valence-corrected chi connectivity index (χ3v) is 3.85. The number of hydrogen-bond donors (Lipinski definition) is 3. The summed E-state index contributed by atoms with van der Waals surface area (Å²) in [6.45, 7) is 0.